The van der Waals surface area contributed by atoms with E-state index in [9.17, 15) is 27.6 Å². The van der Waals surface area contributed by atoms with Gasteiger partial charge >= 0.3 is 4.87 Å². The van der Waals surface area contributed by atoms with Gasteiger partial charge in [0.05, 0.1) is 21.5 Å². The molecule has 14 heteroatoms. The maximum absolute atomic E-state index is 14.1. The Morgan fingerprint density at radius 2 is 1.57 bits per heavy atom. The fourth-order valence-corrected chi connectivity index (χ4v) is 9.29. The van der Waals surface area contributed by atoms with Gasteiger partial charge in [0.15, 0.2) is 0 Å². The summed E-state index contributed by atoms with van der Waals surface area (Å²) in [5, 5.41) is 7.51. The molecule has 0 radical (unpaired) electrons. The molecule has 2 aliphatic rings. The Hall–Kier alpha value is -4.24. The third kappa shape index (κ3) is 5.77. The molecule has 1 aromatic heterocycles. The van der Waals surface area contributed by atoms with Crippen molar-refractivity contribution in [1.29, 1.82) is 0 Å². The van der Waals surface area contributed by atoms with Crippen molar-refractivity contribution in [2.75, 3.05) is 28.2 Å². The summed E-state index contributed by atoms with van der Waals surface area (Å²) in [5.74, 6) is -2.54. The van der Waals surface area contributed by atoms with E-state index in [2.05, 4.69) is 24.1 Å². The molecule has 4 aromatic rings. The largest absolute Gasteiger partial charge is 0.372 e. The number of para-hydroxylation sites is 1. The Kier molecular flexibility index (Phi) is 8.63. The van der Waals surface area contributed by atoms with E-state index < -0.39 is 33.0 Å². The first-order valence-corrected chi connectivity index (χ1v) is 17.9. The van der Waals surface area contributed by atoms with Gasteiger partial charge in [-0.3, -0.25) is 23.7 Å². The summed E-state index contributed by atoms with van der Waals surface area (Å²) in [6, 6.07) is 22.0. The van der Waals surface area contributed by atoms with E-state index in [4.69, 9.17) is 5.14 Å². The molecular formula is C32H31N5O6S3. The number of primary sulfonamides is 1. The first-order valence-electron chi connectivity index (χ1n) is 14.6. The van der Waals surface area contributed by atoms with Crippen molar-refractivity contribution in [2.24, 2.45) is 11.1 Å². The number of thioether (sulfide) groups is 1. The van der Waals surface area contributed by atoms with Crippen molar-refractivity contribution in [3.63, 3.8) is 0 Å². The lowest BCUT2D eigenvalue weighted by Crippen LogP contribution is -2.33. The summed E-state index contributed by atoms with van der Waals surface area (Å²) in [5.41, 5.74) is 2.63. The lowest BCUT2D eigenvalue weighted by Gasteiger charge is -2.31. The van der Waals surface area contributed by atoms with Crippen molar-refractivity contribution in [3.8, 4) is 0 Å². The average Bonchev–Trinajstić information content (AvgIpc) is 3.48. The maximum atomic E-state index is 14.1. The molecule has 3 atom stereocenters. The van der Waals surface area contributed by atoms with Crippen LogP contribution in [0.5, 0.6) is 0 Å². The fourth-order valence-electron chi connectivity index (χ4n) is 6.00. The second kappa shape index (κ2) is 12.5. The fraction of sp³-hybridized carbons (Fsp3) is 0.250. The van der Waals surface area contributed by atoms with Gasteiger partial charge in [0.25, 0.3) is 0 Å². The number of aromatic nitrogens is 1. The number of rotatable bonds is 9. The second-order valence-electron chi connectivity index (χ2n) is 10.9. The van der Waals surface area contributed by atoms with Gasteiger partial charge in [-0.1, -0.05) is 53.4 Å². The second-order valence-corrected chi connectivity index (χ2v) is 14.6. The number of thiazole rings is 1. The van der Waals surface area contributed by atoms with Crippen LogP contribution in [0.4, 0.5) is 17.1 Å². The molecule has 46 heavy (non-hydrogen) atoms. The highest BCUT2D eigenvalue weighted by Crippen LogP contribution is 2.54. The van der Waals surface area contributed by atoms with Crippen LogP contribution in [0.1, 0.15) is 30.2 Å². The molecule has 3 amide bonds. The van der Waals surface area contributed by atoms with Crippen LogP contribution in [0.3, 0.4) is 0 Å². The van der Waals surface area contributed by atoms with E-state index >= 15 is 0 Å². The zero-order valence-electron chi connectivity index (χ0n) is 25.0. The molecule has 3 unspecified atom stereocenters. The predicted molar refractivity (Wildman–Crippen MR) is 179 cm³/mol. The quantitative estimate of drug-likeness (QED) is 0.254. The third-order valence-corrected chi connectivity index (χ3v) is 11.7. The molecule has 0 spiro atoms. The number of benzene rings is 3. The highest BCUT2D eigenvalue weighted by atomic mass is 32.2. The van der Waals surface area contributed by atoms with E-state index in [1.54, 1.807) is 24.3 Å². The van der Waals surface area contributed by atoms with Crippen LogP contribution >= 0.6 is 23.1 Å². The predicted octanol–water partition coefficient (Wildman–Crippen LogP) is 3.84. The molecule has 2 aliphatic heterocycles. The Morgan fingerprint density at radius 3 is 2.17 bits per heavy atom. The van der Waals surface area contributed by atoms with Crippen molar-refractivity contribution in [1.82, 2.24) is 4.57 Å². The van der Waals surface area contributed by atoms with Gasteiger partial charge in [0.2, 0.25) is 27.7 Å². The molecule has 3 heterocycles. The number of nitrogens with one attached hydrogen (secondary N) is 1. The van der Waals surface area contributed by atoms with Gasteiger partial charge in [-0.15, -0.1) is 0 Å². The highest BCUT2D eigenvalue weighted by Gasteiger charge is 2.56. The molecule has 0 aliphatic carbocycles. The lowest BCUT2D eigenvalue weighted by atomic mass is 9.83. The standard InChI is InChI=1S/C32H31N5O6S3/c1-3-35(4-2)21-14-10-19(11-15-21)25-26-27(30(40)37(29(26)39)22-8-6-5-7-9-22)44-31-28(25)45-32(41)36(31)18-24(38)34-20-12-16-23(17-13-20)46(33,42)43/h5-17,25-27H,3-4,18H2,1-2H3,(H,34,38)(H2,33,42,43). The van der Waals surface area contributed by atoms with Gasteiger partial charge in [-0.2, -0.15) is 0 Å². The van der Waals surface area contributed by atoms with E-state index in [0.29, 0.717) is 21.3 Å². The minimum absolute atomic E-state index is 0.101. The molecule has 3 N–H and O–H groups in total. The summed E-state index contributed by atoms with van der Waals surface area (Å²) in [6.07, 6.45) is 0. The van der Waals surface area contributed by atoms with Crippen LogP contribution in [0.15, 0.2) is 93.6 Å². The number of imide groups is 1. The Morgan fingerprint density at radius 1 is 0.913 bits per heavy atom. The molecule has 0 saturated carbocycles. The number of amides is 3. The Bertz CT molecular complexity index is 1970. The maximum Gasteiger partial charge on any atom is 0.308 e. The van der Waals surface area contributed by atoms with Gasteiger partial charge in [-0.05, 0) is 67.9 Å². The number of sulfonamides is 1. The summed E-state index contributed by atoms with van der Waals surface area (Å²) < 4.78 is 24.5. The van der Waals surface area contributed by atoms with Crippen molar-refractivity contribution >= 4 is 67.9 Å². The first-order chi connectivity index (χ1) is 22.0. The van der Waals surface area contributed by atoms with Crippen LogP contribution < -0.4 is 25.1 Å². The van der Waals surface area contributed by atoms with Crippen LogP contribution in [-0.2, 0) is 31.0 Å². The molecule has 1 saturated heterocycles. The van der Waals surface area contributed by atoms with E-state index in [0.717, 1.165) is 47.4 Å². The molecule has 3 aromatic carbocycles. The monoisotopic (exact) mass is 677 g/mol. The van der Waals surface area contributed by atoms with Gasteiger partial charge in [0.1, 0.15) is 11.8 Å². The average molecular weight is 678 g/mol. The van der Waals surface area contributed by atoms with E-state index in [1.165, 1.54) is 33.7 Å². The van der Waals surface area contributed by atoms with Crippen molar-refractivity contribution in [3.05, 3.63) is 99.0 Å². The Balaban J connectivity index is 1.37. The number of anilines is 3. The zero-order chi connectivity index (χ0) is 32.7. The molecule has 238 valence electrons. The normalized spacial score (nSPS) is 19.1. The van der Waals surface area contributed by atoms with Crippen LogP contribution in [0, 0.1) is 5.92 Å². The van der Waals surface area contributed by atoms with Crippen LogP contribution in [-0.4, -0.2) is 49.0 Å². The summed E-state index contributed by atoms with van der Waals surface area (Å²) in [6.45, 7) is 5.45. The third-order valence-electron chi connectivity index (χ3n) is 8.21. The van der Waals surface area contributed by atoms with Crippen molar-refractivity contribution < 1.29 is 22.8 Å². The van der Waals surface area contributed by atoms with Gasteiger partial charge < -0.3 is 10.2 Å². The molecular weight excluding hydrogens is 647 g/mol. The van der Waals surface area contributed by atoms with Crippen molar-refractivity contribution in [2.45, 2.75) is 41.5 Å². The first kappa shape index (κ1) is 31.7. The lowest BCUT2D eigenvalue weighted by molar-refractivity contribution is -0.122. The number of fused-ring (bicyclic) bond motifs is 2. The number of carbonyl (C=O) groups is 3. The minimum atomic E-state index is -3.90. The summed E-state index contributed by atoms with van der Waals surface area (Å²) in [4.78, 5) is 58.1. The number of nitrogens with two attached hydrogens (primary N) is 1. The molecule has 6 rings (SSSR count). The minimum Gasteiger partial charge on any atom is -0.372 e. The topological polar surface area (TPSA) is 152 Å². The number of hydrogen-bond acceptors (Lipinski definition) is 9. The number of carbonyl (C=O) groups excluding carboxylic acids is 3. The summed E-state index contributed by atoms with van der Waals surface area (Å²) >= 11 is 2.12. The molecule has 11 nitrogen and oxygen atoms in total. The van der Waals surface area contributed by atoms with E-state index in [1.807, 2.05) is 30.3 Å². The molecule has 0 bridgehead atoms. The summed E-state index contributed by atoms with van der Waals surface area (Å²) in [7, 11) is -3.90. The van der Waals surface area contributed by atoms with E-state index in [-0.39, 0.29) is 28.1 Å². The van der Waals surface area contributed by atoms with Gasteiger partial charge in [-0.25, -0.2) is 18.5 Å². The van der Waals surface area contributed by atoms with Crippen LogP contribution in [0.2, 0.25) is 0 Å². The number of nitrogens with zero attached hydrogens (tertiary/aromatic N) is 3. The SMILES string of the molecule is CCN(CC)c1ccc(C2c3sc(=O)n(CC(=O)Nc4ccc(S(N)(=O)=O)cc4)c3SC3C(=O)N(c4ccccc4)C(=O)C32)cc1. The highest BCUT2D eigenvalue weighted by molar-refractivity contribution is 8.00. The molecule has 1 fully saturated rings. The van der Waals surface area contributed by atoms with Gasteiger partial charge in [0, 0.05) is 35.3 Å². The Labute approximate surface area is 274 Å². The number of hydrogen-bond donors (Lipinski definition) is 2. The van der Waals surface area contributed by atoms with Crippen LogP contribution in [0.25, 0.3) is 0 Å². The zero-order valence-corrected chi connectivity index (χ0v) is 27.4. The smallest absolute Gasteiger partial charge is 0.308 e.